The number of hydroxylamine groups is 1. The number of hydrogen-bond donors (Lipinski definition) is 0. The minimum atomic E-state index is -0.951. The third kappa shape index (κ3) is 4.46. The first-order chi connectivity index (χ1) is 19.6. The highest BCUT2D eigenvalue weighted by Gasteiger charge is 2.60. The lowest BCUT2D eigenvalue weighted by atomic mass is 9.90. The molecular weight excluding hydrogens is 504 g/mol. The molecule has 2 aliphatic rings. The van der Waals surface area contributed by atoms with E-state index in [-0.39, 0.29) is 11.8 Å². The van der Waals surface area contributed by atoms with Gasteiger partial charge >= 0.3 is 0 Å². The zero-order chi connectivity index (χ0) is 27.6. The van der Waals surface area contributed by atoms with Gasteiger partial charge in [-0.25, -0.2) is 9.96 Å². The number of hydrogen-bond acceptors (Lipinski definition) is 6. The molecule has 204 valence electrons. The largest absolute Gasteiger partial charge is 0.490 e. The molecule has 7 heteroatoms. The summed E-state index contributed by atoms with van der Waals surface area (Å²) >= 11 is 0. The van der Waals surface area contributed by atoms with Crippen LogP contribution in [0.5, 0.6) is 11.5 Å². The summed E-state index contributed by atoms with van der Waals surface area (Å²) in [7, 11) is 0. The summed E-state index contributed by atoms with van der Waals surface area (Å²) in [5, 5.41) is 3.50. The monoisotopic (exact) mass is 536 g/mol. The molecule has 2 amide bonds. The van der Waals surface area contributed by atoms with E-state index in [1.54, 1.807) is 5.06 Å². The lowest BCUT2D eigenvalue weighted by Gasteiger charge is -2.29. The van der Waals surface area contributed by atoms with Crippen molar-refractivity contribution in [3.05, 3.63) is 96.6 Å². The normalized spacial score (nSPS) is 20.3. The molecule has 0 spiro atoms. The van der Waals surface area contributed by atoms with E-state index >= 15 is 0 Å². The summed E-state index contributed by atoms with van der Waals surface area (Å²) in [5.74, 6) is -0.120. The molecule has 0 unspecified atom stereocenters. The molecule has 2 aliphatic heterocycles. The Kier molecular flexibility index (Phi) is 7.13. The van der Waals surface area contributed by atoms with Crippen LogP contribution in [0.4, 0.5) is 11.4 Å². The highest BCUT2D eigenvalue weighted by Crippen LogP contribution is 2.49. The predicted octanol–water partition coefficient (Wildman–Crippen LogP) is 6.47. The molecule has 3 atom stereocenters. The van der Waals surface area contributed by atoms with Gasteiger partial charge in [0.05, 0.1) is 30.6 Å². The molecule has 0 aliphatic carbocycles. The number of nitrogens with zero attached hydrogens (tertiary/aromatic N) is 2. The minimum absolute atomic E-state index is 0.281. The smallest absolute Gasteiger partial charge is 0.266 e. The molecule has 0 bridgehead atoms. The lowest BCUT2D eigenvalue weighted by molar-refractivity contribution is -0.126. The van der Waals surface area contributed by atoms with E-state index in [1.807, 2.05) is 97.9 Å². The molecule has 2 saturated heterocycles. The topological polar surface area (TPSA) is 68.3 Å². The van der Waals surface area contributed by atoms with Crippen LogP contribution in [0, 0.1) is 5.92 Å². The molecule has 6 rings (SSSR count). The Bertz CT molecular complexity index is 1530. The molecule has 0 N–H and O–H groups in total. The maximum atomic E-state index is 14.2. The van der Waals surface area contributed by atoms with Crippen molar-refractivity contribution in [3.8, 4) is 11.5 Å². The van der Waals surface area contributed by atoms with Crippen molar-refractivity contribution >= 4 is 34.0 Å². The Morgan fingerprint density at radius 3 is 2.38 bits per heavy atom. The number of ether oxygens (including phenoxy) is 2. The van der Waals surface area contributed by atoms with Crippen molar-refractivity contribution in [1.82, 2.24) is 0 Å². The van der Waals surface area contributed by atoms with Crippen molar-refractivity contribution in [2.75, 3.05) is 23.2 Å². The second-order valence-electron chi connectivity index (χ2n) is 10.0. The standard InChI is InChI=1S/C33H32N2O5/c1-3-5-20-39-27-19-18-23(21-28(27)38-4-2)30-29-31(40-35(30)24-14-7-6-8-15-24)33(37)34(32(29)36)26-17-11-13-22-12-9-10-16-25(22)26/h6-19,21,29-31H,3-5,20H2,1-2H3/t29-,30+,31+/m0/s1. The highest BCUT2D eigenvalue weighted by molar-refractivity contribution is 6.26. The quantitative estimate of drug-likeness (QED) is 0.180. The summed E-state index contributed by atoms with van der Waals surface area (Å²) in [6.07, 6.45) is 1.02. The number of carbonyl (C=O) groups excluding carboxylic acids is 2. The Morgan fingerprint density at radius 2 is 1.57 bits per heavy atom. The van der Waals surface area contributed by atoms with Crippen LogP contribution in [-0.4, -0.2) is 31.1 Å². The van der Waals surface area contributed by atoms with Crippen LogP contribution in [0.2, 0.25) is 0 Å². The summed E-state index contributed by atoms with van der Waals surface area (Å²) in [6, 6.07) is 28.2. The number of rotatable bonds is 9. The summed E-state index contributed by atoms with van der Waals surface area (Å²) < 4.78 is 12.0. The SMILES string of the molecule is CCCCOc1ccc([C@@H]2[C@@H]3C(=O)N(c4cccc5ccccc45)C(=O)[C@@H]3ON2c2ccccc2)cc1OCC. The van der Waals surface area contributed by atoms with Crippen LogP contribution >= 0.6 is 0 Å². The van der Waals surface area contributed by atoms with E-state index in [2.05, 4.69) is 6.92 Å². The molecule has 0 radical (unpaired) electrons. The Hall–Kier alpha value is -4.36. The average molecular weight is 537 g/mol. The summed E-state index contributed by atoms with van der Waals surface area (Å²) in [4.78, 5) is 35.7. The van der Waals surface area contributed by atoms with Gasteiger partial charge in [-0.2, -0.15) is 0 Å². The van der Waals surface area contributed by atoms with Crippen LogP contribution in [0.3, 0.4) is 0 Å². The third-order valence-corrected chi connectivity index (χ3v) is 7.50. The first kappa shape index (κ1) is 25.9. The van der Waals surface area contributed by atoms with Crippen LogP contribution in [0.25, 0.3) is 10.8 Å². The van der Waals surface area contributed by atoms with E-state index in [0.29, 0.717) is 30.4 Å². The van der Waals surface area contributed by atoms with Gasteiger partial charge in [-0.1, -0.05) is 74.0 Å². The number of unbranched alkanes of at least 4 members (excludes halogenated alkanes) is 1. The number of para-hydroxylation sites is 1. The molecule has 4 aromatic carbocycles. The zero-order valence-corrected chi connectivity index (χ0v) is 22.7. The van der Waals surface area contributed by atoms with E-state index < -0.39 is 18.1 Å². The fraction of sp³-hybridized carbons (Fsp3) is 0.273. The molecule has 0 saturated carbocycles. The second kappa shape index (κ2) is 11.0. The average Bonchev–Trinajstić information content (AvgIpc) is 3.49. The summed E-state index contributed by atoms with van der Waals surface area (Å²) in [6.45, 7) is 5.10. The van der Waals surface area contributed by atoms with Gasteiger partial charge in [0.2, 0.25) is 5.91 Å². The van der Waals surface area contributed by atoms with Gasteiger partial charge in [0, 0.05) is 5.39 Å². The lowest BCUT2D eigenvalue weighted by Crippen LogP contribution is -2.37. The van der Waals surface area contributed by atoms with Crippen molar-refractivity contribution in [1.29, 1.82) is 0 Å². The summed E-state index contributed by atoms with van der Waals surface area (Å²) in [5.41, 5.74) is 2.15. The number of imide groups is 1. The second-order valence-corrected chi connectivity index (χ2v) is 10.0. The molecule has 0 aromatic heterocycles. The van der Waals surface area contributed by atoms with Crippen LogP contribution in [0.15, 0.2) is 91.0 Å². The molecular formula is C33H32N2O5. The Balaban J connectivity index is 1.42. The molecule has 7 nitrogen and oxygen atoms in total. The zero-order valence-electron chi connectivity index (χ0n) is 22.7. The van der Waals surface area contributed by atoms with Gasteiger partial charge in [0.15, 0.2) is 17.6 Å². The van der Waals surface area contributed by atoms with Gasteiger partial charge in [-0.15, -0.1) is 0 Å². The van der Waals surface area contributed by atoms with Gasteiger partial charge in [0.1, 0.15) is 5.92 Å². The first-order valence-electron chi connectivity index (χ1n) is 13.9. The number of carbonyl (C=O) groups is 2. The van der Waals surface area contributed by atoms with Gasteiger partial charge in [-0.3, -0.25) is 14.4 Å². The fourth-order valence-corrected chi connectivity index (χ4v) is 5.62. The van der Waals surface area contributed by atoms with Crippen LogP contribution < -0.4 is 19.4 Å². The maximum absolute atomic E-state index is 14.2. The van der Waals surface area contributed by atoms with E-state index in [0.717, 1.165) is 34.9 Å². The van der Waals surface area contributed by atoms with E-state index in [4.69, 9.17) is 14.3 Å². The highest BCUT2D eigenvalue weighted by atomic mass is 16.7. The predicted molar refractivity (Wildman–Crippen MR) is 154 cm³/mol. The molecule has 2 heterocycles. The van der Waals surface area contributed by atoms with Crippen LogP contribution in [0.1, 0.15) is 38.3 Å². The van der Waals surface area contributed by atoms with Crippen molar-refractivity contribution < 1.29 is 23.9 Å². The van der Waals surface area contributed by atoms with Gasteiger partial charge < -0.3 is 9.47 Å². The first-order valence-corrected chi connectivity index (χ1v) is 13.9. The van der Waals surface area contributed by atoms with Crippen molar-refractivity contribution in [2.45, 2.75) is 38.8 Å². The van der Waals surface area contributed by atoms with Crippen molar-refractivity contribution in [2.24, 2.45) is 5.92 Å². The molecule has 4 aromatic rings. The maximum Gasteiger partial charge on any atom is 0.266 e. The molecule has 40 heavy (non-hydrogen) atoms. The minimum Gasteiger partial charge on any atom is -0.490 e. The number of fused-ring (bicyclic) bond motifs is 2. The van der Waals surface area contributed by atoms with E-state index in [9.17, 15) is 9.59 Å². The van der Waals surface area contributed by atoms with Crippen molar-refractivity contribution in [3.63, 3.8) is 0 Å². The van der Waals surface area contributed by atoms with E-state index in [1.165, 1.54) is 4.90 Å². The Labute approximate surface area is 233 Å². The molecule has 2 fully saturated rings. The Morgan fingerprint density at radius 1 is 0.800 bits per heavy atom. The fourth-order valence-electron chi connectivity index (χ4n) is 5.62. The van der Waals surface area contributed by atoms with Gasteiger partial charge in [0.25, 0.3) is 5.91 Å². The number of benzene rings is 4. The third-order valence-electron chi connectivity index (χ3n) is 7.50. The number of amides is 2. The van der Waals surface area contributed by atoms with Crippen LogP contribution in [-0.2, 0) is 14.4 Å². The van der Waals surface area contributed by atoms with Gasteiger partial charge in [-0.05, 0) is 54.6 Å². The number of anilines is 2.